The van der Waals surface area contributed by atoms with Crippen molar-refractivity contribution in [2.45, 2.75) is 45.3 Å². The Bertz CT molecular complexity index is 1260. The van der Waals surface area contributed by atoms with Gasteiger partial charge in [0.05, 0.1) is 19.6 Å². The van der Waals surface area contributed by atoms with Gasteiger partial charge in [0.2, 0.25) is 0 Å². The fraction of sp³-hybridized carbons (Fsp3) is 0.345. The number of ether oxygens (including phenoxy) is 4. The van der Waals surface area contributed by atoms with Crippen molar-refractivity contribution in [1.82, 2.24) is 0 Å². The number of carboxylic acids is 1. The lowest BCUT2D eigenvalue weighted by atomic mass is 9.90. The molecule has 182 valence electrons. The Kier molecular flexibility index (Phi) is 6.39. The van der Waals surface area contributed by atoms with Gasteiger partial charge < -0.3 is 24.1 Å². The third kappa shape index (κ3) is 4.71. The number of hydrogen-bond acceptors (Lipinski definition) is 5. The third-order valence-electron chi connectivity index (χ3n) is 6.85. The van der Waals surface area contributed by atoms with Gasteiger partial charge in [-0.1, -0.05) is 24.3 Å². The smallest absolute Gasteiger partial charge is 0.304 e. The second-order valence-corrected chi connectivity index (χ2v) is 9.36. The van der Waals surface area contributed by atoms with Crippen LogP contribution in [0.3, 0.4) is 0 Å². The number of carbonyl (C=O) groups is 1. The van der Waals surface area contributed by atoms with E-state index in [1.165, 1.54) is 22.3 Å². The highest BCUT2D eigenvalue weighted by Gasteiger charge is 2.28. The van der Waals surface area contributed by atoms with Crippen LogP contribution in [-0.4, -0.2) is 37.5 Å². The van der Waals surface area contributed by atoms with Gasteiger partial charge >= 0.3 is 5.97 Å². The number of aryl methyl sites for hydroxylation is 1. The van der Waals surface area contributed by atoms with Gasteiger partial charge in [0.1, 0.15) is 30.0 Å². The highest BCUT2D eigenvalue weighted by molar-refractivity contribution is 5.75. The molecule has 0 saturated carbocycles. The van der Waals surface area contributed by atoms with Crippen molar-refractivity contribution in [2.75, 3.05) is 20.3 Å². The lowest BCUT2D eigenvalue weighted by Gasteiger charge is -2.15. The van der Waals surface area contributed by atoms with Crippen LogP contribution in [0.15, 0.2) is 48.5 Å². The molecular weight excluding hydrogens is 444 g/mol. The minimum absolute atomic E-state index is 0.0683. The van der Waals surface area contributed by atoms with E-state index in [1.807, 2.05) is 18.2 Å². The van der Waals surface area contributed by atoms with Crippen molar-refractivity contribution in [3.8, 4) is 28.4 Å². The van der Waals surface area contributed by atoms with Crippen molar-refractivity contribution in [3.05, 3.63) is 76.3 Å². The van der Waals surface area contributed by atoms with E-state index in [-0.39, 0.29) is 18.4 Å². The molecule has 0 aromatic heterocycles. The van der Waals surface area contributed by atoms with Crippen LogP contribution in [0.1, 0.15) is 40.2 Å². The predicted molar refractivity (Wildman–Crippen MR) is 133 cm³/mol. The Hall–Kier alpha value is -3.51. The predicted octanol–water partition coefficient (Wildman–Crippen LogP) is 5.45. The fourth-order valence-electron chi connectivity index (χ4n) is 5.23. The van der Waals surface area contributed by atoms with Gasteiger partial charge in [0, 0.05) is 36.6 Å². The molecule has 0 amide bonds. The molecule has 0 saturated heterocycles. The summed E-state index contributed by atoms with van der Waals surface area (Å²) in [6.45, 7) is 5.70. The summed E-state index contributed by atoms with van der Waals surface area (Å²) in [5, 5.41) is 9.09. The Labute approximate surface area is 205 Å². The summed E-state index contributed by atoms with van der Waals surface area (Å²) < 4.78 is 23.2. The van der Waals surface area contributed by atoms with Gasteiger partial charge in [-0.15, -0.1) is 0 Å². The molecular formula is C29H30O6. The first-order valence-corrected chi connectivity index (χ1v) is 11.9. The topological polar surface area (TPSA) is 74.2 Å². The summed E-state index contributed by atoms with van der Waals surface area (Å²) in [5.41, 5.74) is 8.10. The van der Waals surface area contributed by atoms with E-state index in [4.69, 9.17) is 24.1 Å². The van der Waals surface area contributed by atoms with Crippen LogP contribution in [-0.2, 0) is 22.6 Å². The number of carboxylic acid groups (broad SMARTS) is 1. The first kappa shape index (κ1) is 23.2. The number of aliphatic carboxylic acids is 1. The maximum Gasteiger partial charge on any atom is 0.304 e. The molecule has 0 bridgehead atoms. The quantitative estimate of drug-likeness (QED) is 0.468. The Balaban J connectivity index is 1.32. The zero-order valence-electron chi connectivity index (χ0n) is 20.3. The van der Waals surface area contributed by atoms with Gasteiger partial charge in [0.25, 0.3) is 0 Å². The van der Waals surface area contributed by atoms with E-state index >= 15 is 0 Å². The summed E-state index contributed by atoms with van der Waals surface area (Å²) in [6.07, 6.45) is 0.998. The average Bonchev–Trinajstić information content (AvgIpc) is 3.41. The highest BCUT2D eigenvalue weighted by atomic mass is 16.5. The molecule has 1 N–H and O–H groups in total. The lowest BCUT2D eigenvalue weighted by Crippen LogP contribution is -2.19. The zero-order chi connectivity index (χ0) is 24.5. The first-order valence-electron chi connectivity index (χ1n) is 11.9. The third-order valence-corrected chi connectivity index (χ3v) is 6.85. The Morgan fingerprint density at radius 2 is 1.97 bits per heavy atom. The van der Waals surface area contributed by atoms with Gasteiger partial charge in [-0.2, -0.15) is 0 Å². The maximum atomic E-state index is 11.1. The van der Waals surface area contributed by atoms with Gasteiger partial charge in [-0.05, 0) is 59.9 Å². The average molecular weight is 475 g/mol. The molecule has 6 heteroatoms. The molecule has 0 fully saturated rings. The molecule has 3 aromatic carbocycles. The van der Waals surface area contributed by atoms with Crippen LogP contribution in [0.4, 0.5) is 0 Å². The molecule has 0 radical (unpaired) electrons. The largest absolute Gasteiger partial charge is 0.492 e. The number of benzene rings is 3. The van der Waals surface area contributed by atoms with Crippen LogP contribution in [0.25, 0.3) is 11.1 Å². The van der Waals surface area contributed by atoms with Crippen molar-refractivity contribution < 1.29 is 28.8 Å². The van der Waals surface area contributed by atoms with E-state index in [2.05, 4.69) is 44.2 Å². The molecule has 1 unspecified atom stereocenters. The number of rotatable bonds is 8. The monoisotopic (exact) mass is 474 g/mol. The molecule has 3 aromatic rings. The van der Waals surface area contributed by atoms with Crippen molar-refractivity contribution in [2.24, 2.45) is 0 Å². The highest BCUT2D eigenvalue weighted by Crippen LogP contribution is 2.40. The normalized spacial score (nSPS) is 17.9. The second kappa shape index (κ2) is 9.62. The standard InChI is InChI=1S/C29H30O6/c1-17-9-27-25(12-23(35-27)16-32-3)18(2)29(17)20-6-4-5-19(10-20)14-33-22-7-8-24-21(11-28(30)31)15-34-26(24)13-22/h4-10,13,21,23H,11-12,14-16H2,1-3H3,(H,30,31)/t21-,23?/m1/s1. The van der Waals surface area contributed by atoms with E-state index in [0.717, 1.165) is 28.9 Å². The van der Waals surface area contributed by atoms with Crippen LogP contribution < -0.4 is 14.2 Å². The first-order chi connectivity index (χ1) is 16.9. The van der Waals surface area contributed by atoms with E-state index < -0.39 is 5.97 Å². The molecule has 6 nitrogen and oxygen atoms in total. The number of hydrogen-bond donors (Lipinski definition) is 1. The van der Waals surface area contributed by atoms with Crippen LogP contribution in [0.2, 0.25) is 0 Å². The second-order valence-electron chi connectivity index (χ2n) is 9.36. The molecule has 2 atom stereocenters. The molecule has 35 heavy (non-hydrogen) atoms. The summed E-state index contributed by atoms with van der Waals surface area (Å²) in [7, 11) is 1.70. The zero-order valence-corrected chi connectivity index (χ0v) is 20.3. The molecule has 0 aliphatic carbocycles. The van der Waals surface area contributed by atoms with Crippen LogP contribution in [0.5, 0.6) is 17.2 Å². The van der Waals surface area contributed by atoms with Gasteiger partial charge in [-0.25, -0.2) is 0 Å². The van der Waals surface area contributed by atoms with Crippen LogP contribution in [0, 0.1) is 13.8 Å². The molecule has 2 heterocycles. The molecule has 0 spiro atoms. The molecule has 5 rings (SSSR count). The van der Waals surface area contributed by atoms with Crippen molar-refractivity contribution in [3.63, 3.8) is 0 Å². The van der Waals surface area contributed by atoms with Crippen molar-refractivity contribution in [1.29, 1.82) is 0 Å². The number of methoxy groups -OCH3 is 1. The number of fused-ring (bicyclic) bond motifs is 2. The molecule has 2 aliphatic rings. The molecule has 2 aliphatic heterocycles. The minimum atomic E-state index is -0.817. The van der Waals surface area contributed by atoms with E-state index in [0.29, 0.717) is 31.3 Å². The van der Waals surface area contributed by atoms with Crippen molar-refractivity contribution >= 4 is 5.97 Å². The summed E-state index contributed by atoms with van der Waals surface area (Å²) >= 11 is 0. The minimum Gasteiger partial charge on any atom is -0.492 e. The van der Waals surface area contributed by atoms with Gasteiger partial charge in [0.15, 0.2) is 0 Å². The maximum absolute atomic E-state index is 11.1. The summed E-state index contributed by atoms with van der Waals surface area (Å²) in [5.74, 6) is 1.46. The Morgan fingerprint density at radius 3 is 2.77 bits per heavy atom. The summed E-state index contributed by atoms with van der Waals surface area (Å²) in [4.78, 5) is 11.1. The summed E-state index contributed by atoms with van der Waals surface area (Å²) in [6, 6.07) is 16.2. The lowest BCUT2D eigenvalue weighted by molar-refractivity contribution is -0.137. The van der Waals surface area contributed by atoms with E-state index in [9.17, 15) is 4.79 Å². The Morgan fingerprint density at radius 1 is 1.11 bits per heavy atom. The van der Waals surface area contributed by atoms with Crippen LogP contribution >= 0.6 is 0 Å². The van der Waals surface area contributed by atoms with Gasteiger partial charge in [-0.3, -0.25) is 4.79 Å². The SMILES string of the molecule is COCC1Cc2c(cc(C)c(-c3cccc(COc4ccc5c(c4)OC[C@H]5CC(=O)O)c3)c2C)O1. The fourth-order valence-corrected chi connectivity index (χ4v) is 5.23. The van der Waals surface area contributed by atoms with E-state index in [1.54, 1.807) is 7.11 Å².